The summed E-state index contributed by atoms with van der Waals surface area (Å²) in [5.74, 6) is 0.0317. The molecule has 2 aliphatic rings. The van der Waals surface area contributed by atoms with Gasteiger partial charge < -0.3 is 50.2 Å². The standard InChI is InChI=1S/C17H23N5O14P2/c18-15-10-16(20-5-19-15)22(6-21-10)17-12(27)14(13(34-17)9-1-2-32-9)35-38(31,36-37(28,29)30)33-4-8(25)11(26)7(24)3-23/h1-3,5-9,11-14,17,24-27H,4H2,(H2,18,19,20)(H2,28,29,30)/t7-,8+,9?,11-,12+,13+,14-,17+,38?/m0/s1. The predicted molar refractivity (Wildman–Crippen MR) is 119 cm³/mol. The van der Waals surface area contributed by atoms with E-state index in [4.69, 9.17) is 24.3 Å². The van der Waals surface area contributed by atoms with Gasteiger partial charge in [0, 0.05) is 0 Å². The normalized spacial score (nSPS) is 29.3. The second-order valence-corrected chi connectivity index (χ2v) is 11.1. The first-order valence-electron chi connectivity index (χ1n) is 10.6. The summed E-state index contributed by atoms with van der Waals surface area (Å²) in [6.07, 6.45) is -8.15. The van der Waals surface area contributed by atoms with Gasteiger partial charge in [0.05, 0.1) is 19.2 Å². The molecule has 38 heavy (non-hydrogen) atoms. The first-order chi connectivity index (χ1) is 17.8. The Morgan fingerprint density at radius 1 is 1.21 bits per heavy atom. The number of imidazole rings is 1. The van der Waals surface area contributed by atoms with Gasteiger partial charge in [0.2, 0.25) is 0 Å². The fourth-order valence-corrected chi connectivity index (χ4v) is 5.96. The molecule has 0 radical (unpaired) electrons. The van der Waals surface area contributed by atoms with Crippen LogP contribution in [0.5, 0.6) is 0 Å². The summed E-state index contributed by atoms with van der Waals surface area (Å²) >= 11 is 0. The van der Waals surface area contributed by atoms with Gasteiger partial charge in [-0.25, -0.2) is 24.1 Å². The van der Waals surface area contributed by atoms with E-state index in [0.717, 1.165) is 6.33 Å². The molecule has 0 amide bonds. The molecule has 21 heteroatoms. The number of nitrogens with zero attached hydrogens (tertiary/aromatic N) is 4. The molecule has 2 unspecified atom stereocenters. The van der Waals surface area contributed by atoms with E-state index < -0.39 is 71.2 Å². The largest absolute Gasteiger partial charge is 0.491 e. The van der Waals surface area contributed by atoms with E-state index in [9.17, 15) is 44.1 Å². The summed E-state index contributed by atoms with van der Waals surface area (Å²) in [6.45, 7) is -1.19. The molecule has 1 fully saturated rings. The molecule has 0 aliphatic carbocycles. The van der Waals surface area contributed by atoms with Crippen molar-refractivity contribution in [3.63, 3.8) is 0 Å². The Labute approximate surface area is 212 Å². The van der Waals surface area contributed by atoms with Crippen LogP contribution in [-0.4, -0.2) is 105 Å². The van der Waals surface area contributed by atoms with Crippen LogP contribution < -0.4 is 5.73 Å². The van der Waals surface area contributed by atoms with Crippen molar-refractivity contribution in [1.29, 1.82) is 0 Å². The molecule has 4 heterocycles. The Kier molecular flexibility index (Phi) is 8.29. The maximum Gasteiger partial charge on any atom is 0.484 e. The Balaban J connectivity index is 1.61. The van der Waals surface area contributed by atoms with Crippen molar-refractivity contribution in [2.75, 3.05) is 12.3 Å². The van der Waals surface area contributed by atoms with Crippen molar-refractivity contribution in [1.82, 2.24) is 19.5 Å². The first-order valence-corrected chi connectivity index (χ1v) is 13.6. The third-order valence-corrected chi connectivity index (χ3v) is 8.10. The van der Waals surface area contributed by atoms with Crippen LogP contribution in [0.15, 0.2) is 25.0 Å². The van der Waals surface area contributed by atoms with Gasteiger partial charge in [0.15, 0.2) is 24.0 Å². The number of nitrogen functional groups attached to an aromatic ring is 1. The second kappa shape index (κ2) is 11.0. The SMILES string of the molecule is Nc1ncnc2c1ncn2[C@@H]1O[C@H](C2C=CO2)[C@@H](OP(=O)(OC[C@@H](O)[C@@H](O)[C@@H](O)C=O)OP(=O)(O)O)[C@H]1O. The maximum atomic E-state index is 13.3. The van der Waals surface area contributed by atoms with E-state index in [0.29, 0.717) is 0 Å². The molecular formula is C17H23N5O14P2. The van der Waals surface area contributed by atoms with Gasteiger partial charge in [-0.05, 0) is 6.08 Å². The van der Waals surface area contributed by atoms with Crippen LogP contribution in [0.25, 0.3) is 11.2 Å². The molecular weight excluding hydrogens is 560 g/mol. The Morgan fingerprint density at radius 3 is 2.53 bits per heavy atom. The molecule has 9 atom stereocenters. The fourth-order valence-electron chi connectivity index (χ4n) is 3.63. The monoisotopic (exact) mass is 583 g/mol. The van der Waals surface area contributed by atoms with Crippen LogP contribution in [0.4, 0.5) is 5.82 Å². The molecule has 1 saturated heterocycles. The number of phosphoric acid groups is 2. The highest BCUT2D eigenvalue weighted by molar-refractivity contribution is 7.61. The number of anilines is 1. The zero-order valence-corrected chi connectivity index (χ0v) is 20.7. The fraction of sp³-hybridized carbons (Fsp3) is 0.529. The van der Waals surface area contributed by atoms with Crippen molar-refractivity contribution >= 4 is 38.9 Å². The molecule has 2 aromatic heterocycles. The Hall–Kier alpha value is -2.38. The average Bonchev–Trinajstić information content (AvgIpc) is 3.37. The number of carbonyl (C=O) groups excluding carboxylic acids is 1. The molecule has 2 aromatic rings. The molecule has 0 spiro atoms. The lowest BCUT2D eigenvalue weighted by molar-refractivity contribution is -0.127. The summed E-state index contributed by atoms with van der Waals surface area (Å²) in [6, 6.07) is 0. The Bertz CT molecular complexity index is 1290. The van der Waals surface area contributed by atoms with Crippen molar-refractivity contribution in [3.8, 4) is 0 Å². The molecule has 2 aliphatic heterocycles. The Morgan fingerprint density at radius 2 is 1.92 bits per heavy atom. The van der Waals surface area contributed by atoms with E-state index >= 15 is 0 Å². The number of hydrogen-bond acceptors (Lipinski definition) is 16. The summed E-state index contributed by atoms with van der Waals surface area (Å²) in [5.41, 5.74) is 6.10. The lowest BCUT2D eigenvalue weighted by atomic mass is 10.0. The number of phosphoric ester groups is 1. The highest BCUT2D eigenvalue weighted by atomic mass is 31.3. The van der Waals surface area contributed by atoms with Crippen molar-refractivity contribution in [2.24, 2.45) is 0 Å². The van der Waals surface area contributed by atoms with Crippen LogP contribution in [-0.2, 0) is 36.8 Å². The third kappa shape index (κ3) is 5.94. The summed E-state index contributed by atoms with van der Waals surface area (Å²) in [5, 5.41) is 40.0. The van der Waals surface area contributed by atoms with Gasteiger partial charge in [-0.15, -0.1) is 0 Å². The topological polar surface area (TPSA) is 288 Å². The quantitative estimate of drug-likeness (QED) is 0.100. The van der Waals surface area contributed by atoms with Crippen molar-refractivity contribution < 1.29 is 67.0 Å². The highest BCUT2D eigenvalue weighted by Crippen LogP contribution is 2.63. The second-order valence-electron chi connectivity index (χ2n) is 8.06. The molecule has 0 saturated carbocycles. The number of carbonyl (C=O) groups is 1. The molecule has 4 rings (SSSR count). The molecule has 19 nitrogen and oxygen atoms in total. The minimum absolute atomic E-state index is 0.0317. The molecule has 8 N–H and O–H groups in total. The minimum atomic E-state index is -5.59. The van der Waals surface area contributed by atoms with Crippen LogP contribution in [0.3, 0.4) is 0 Å². The van der Waals surface area contributed by atoms with E-state index in [1.807, 2.05) is 0 Å². The minimum Gasteiger partial charge on any atom is -0.491 e. The van der Waals surface area contributed by atoms with Crippen LogP contribution in [0.1, 0.15) is 6.23 Å². The van der Waals surface area contributed by atoms with Crippen molar-refractivity contribution in [2.45, 2.75) is 49.0 Å². The smallest absolute Gasteiger partial charge is 0.484 e. The van der Waals surface area contributed by atoms with E-state index in [1.165, 1.54) is 23.2 Å². The van der Waals surface area contributed by atoms with Gasteiger partial charge in [0.25, 0.3) is 0 Å². The number of aliphatic hydroxyl groups excluding tert-OH is 4. The van der Waals surface area contributed by atoms with Crippen LogP contribution in [0, 0.1) is 0 Å². The summed E-state index contributed by atoms with van der Waals surface area (Å²) < 4.78 is 51.4. The van der Waals surface area contributed by atoms with E-state index in [-0.39, 0.29) is 23.3 Å². The van der Waals surface area contributed by atoms with Gasteiger partial charge in [-0.1, -0.05) is 0 Å². The van der Waals surface area contributed by atoms with Gasteiger partial charge in [-0.3, -0.25) is 13.6 Å². The van der Waals surface area contributed by atoms with Gasteiger partial charge in [-0.2, -0.15) is 4.31 Å². The van der Waals surface area contributed by atoms with Gasteiger partial charge >= 0.3 is 15.6 Å². The van der Waals surface area contributed by atoms with Crippen LogP contribution >= 0.6 is 15.6 Å². The van der Waals surface area contributed by atoms with E-state index in [2.05, 4.69) is 19.3 Å². The average molecular weight is 583 g/mol. The lowest BCUT2D eigenvalue weighted by Gasteiger charge is -2.31. The van der Waals surface area contributed by atoms with Gasteiger partial charge in [0.1, 0.15) is 54.6 Å². The first kappa shape index (κ1) is 28.6. The van der Waals surface area contributed by atoms with E-state index in [1.54, 1.807) is 0 Å². The highest BCUT2D eigenvalue weighted by Gasteiger charge is 2.54. The summed E-state index contributed by atoms with van der Waals surface area (Å²) in [4.78, 5) is 41.1. The van der Waals surface area contributed by atoms with Crippen LogP contribution in [0.2, 0.25) is 0 Å². The number of rotatable bonds is 12. The zero-order chi connectivity index (χ0) is 27.8. The zero-order valence-electron chi connectivity index (χ0n) is 18.9. The number of hydrogen-bond donors (Lipinski definition) is 7. The lowest BCUT2D eigenvalue weighted by Crippen LogP contribution is -2.43. The molecule has 0 bridgehead atoms. The van der Waals surface area contributed by atoms with Crippen molar-refractivity contribution in [3.05, 3.63) is 25.0 Å². The number of aromatic nitrogens is 4. The summed E-state index contributed by atoms with van der Waals surface area (Å²) in [7, 11) is -11.0. The number of fused-ring (bicyclic) bond motifs is 1. The number of aliphatic hydroxyl groups is 4. The number of aldehydes is 1. The predicted octanol–water partition coefficient (Wildman–Crippen LogP) is -2.52. The molecule has 0 aromatic carbocycles. The molecule has 210 valence electrons. The third-order valence-electron chi connectivity index (χ3n) is 5.48. The number of nitrogens with two attached hydrogens (primary N) is 1. The number of ether oxygens (including phenoxy) is 2. The maximum absolute atomic E-state index is 13.3.